The average molecular weight is 279 g/mol. The van der Waals surface area contributed by atoms with Crippen molar-refractivity contribution in [2.45, 2.75) is 83.1 Å². The van der Waals surface area contributed by atoms with E-state index in [1.807, 2.05) is 0 Å². The van der Waals surface area contributed by atoms with E-state index in [9.17, 15) is 4.79 Å². The highest BCUT2D eigenvalue weighted by Gasteiger charge is 2.52. The summed E-state index contributed by atoms with van der Waals surface area (Å²) in [6, 6.07) is 1.07. The Bertz CT molecular complexity index is 386. The molecule has 3 rings (SSSR count). The van der Waals surface area contributed by atoms with Crippen LogP contribution in [0.1, 0.15) is 59.3 Å². The molecule has 3 saturated heterocycles. The standard InChI is InChI=1S/C16H29N3O/c1-4-7-14-17-16(3,5-2)15(20)19(14)13-9-11-18-10-6-8-12(13)18/h12-14,17H,4-11H2,1-3H3. The summed E-state index contributed by atoms with van der Waals surface area (Å²) in [4.78, 5) is 17.8. The van der Waals surface area contributed by atoms with Crippen LogP contribution >= 0.6 is 0 Å². The zero-order valence-electron chi connectivity index (χ0n) is 13.2. The largest absolute Gasteiger partial charge is 0.321 e. The highest BCUT2D eigenvalue weighted by molar-refractivity contribution is 5.88. The molecule has 0 aromatic heterocycles. The molecule has 0 saturated carbocycles. The van der Waals surface area contributed by atoms with Crippen LogP contribution in [0.25, 0.3) is 0 Å². The summed E-state index contributed by atoms with van der Waals surface area (Å²) < 4.78 is 0. The molecule has 4 atom stereocenters. The van der Waals surface area contributed by atoms with Crippen LogP contribution < -0.4 is 5.32 Å². The van der Waals surface area contributed by atoms with Crippen LogP contribution in [0.15, 0.2) is 0 Å². The molecule has 0 aliphatic carbocycles. The smallest absolute Gasteiger partial charge is 0.244 e. The van der Waals surface area contributed by atoms with Gasteiger partial charge in [0, 0.05) is 12.6 Å². The van der Waals surface area contributed by atoms with Crippen LogP contribution in [-0.2, 0) is 4.79 Å². The molecule has 4 unspecified atom stereocenters. The third-order valence-corrected chi connectivity index (χ3v) is 5.72. The van der Waals surface area contributed by atoms with Gasteiger partial charge in [0.2, 0.25) is 5.91 Å². The molecule has 20 heavy (non-hydrogen) atoms. The zero-order valence-corrected chi connectivity index (χ0v) is 13.2. The second kappa shape index (κ2) is 5.30. The van der Waals surface area contributed by atoms with Crippen LogP contribution in [0.5, 0.6) is 0 Å². The van der Waals surface area contributed by atoms with Crippen molar-refractivity contribution in [2.75, 3.05) is 13.1 Å². The van der Waals surface area contributed by atoms with Crippen LogP contribution in [0, 0.1) is 0 Å². The molecule has 1 N–H and O–H groups in total. The summed E-state index contributed by atoms with van der Waals surface area (Å²) in [6.07, 6.45) is 7.08. The lowest BCUT2D eigenvalue weighted by atomic mass is 9.97. The van der Waals surface area contributed by atoms with E-state index in [-0.39, 0.29) is 11.7 Å². The molecule has 3 aliphatic rings. The van der Waals surface area contributed by atoms with Gasteiger partial charge in [0.15, 0.2) is 0 Å². The highest BCUT2D eigenvalue weighted by Crippen LogP contribution is 2.37. The van der Waals surface area contributed by atoms with Gasteiger partial charge >= 0.3 is 0 Å². The number of amides is 1. The lowest BCUT2D eigenvalue weighted by molar-refractivity contribution is -0.135. The Kier molecular flexibility index (Phi) is 3.80. The fraction of sp³-hybridized carbons (Fsp3) is 0.938. The molecule has 3 fully saturated rings. The Labute approximate surface area is 122 Å². The minimum Gasteiger partial charge on any atom is -0.321 e. The number of hydrogen-bond donors (Lipinski definition) is 1. The van der Waals surface area contributed by atoms with Gasteiger partial charge in [-0.2, -0.15) is 0 Å². The van der Waals surface area contributed by atoms with E-state index >= 15 is 0 Å². The van der Waals surface area contributed by atoms with Gasteiger partial charge in [-0.25, -0.2) is 0 Å². The van der Waals surface area contributed by atoms with Gasteiger partial charge in [-0.15, -0.1) is 0 Å². The van der Waals surface area contributed by atoms with Gasteiger partial charge in [-0.1, -0.05) is 20.3 Å². The Morgan fingerprint density at radius 1 is 1.25 bits per heavy atom. The molecule has 4 nitrogen and oxygen atoms in total. The molecule has 0 aromatic rings. The van der Waals surface area contributed by atoms with Gasteiger partial charge in [0.25, 0.3) is 0 Å². The molecule has 0 radical (unpaired) electrons. The fourth-order valence-corrected chi connectivity index (χ4v) is 4.43. The van der Waals surface area contributed by atoms with Crippen molar-refractivity contribution < 1.29 is 4.79 Å². The number of fused-ring (bicyclic) bond motifs is 1. The van der Waals surface area contributed by atoms with Crippen molar-refractivity contribution in [3.8, 4) is 0 Å². The quantitative estimate of drug-likeness (QED) is 0.854. The third-order valence-electron chi connectivity index (χ3n) is 5.72. The van der Waals surface area contributed by atoms with Gasteiger partial charge in [-0.05, 0) is 45.6 Å². The summed E-state index contributed by atoms with van der Waals surface area (Å²) in [5.74, 6) is 0.345. The van der Waals surface area contributed by atoms with Crippen molar-refractivity contribution in [2.24, 2.45) is 0 Å². The van der Waals surface area contributed by atoms with Crippen LogP contribution in [0.2, 0.25) is 0 Å². The average Bonchev–Trinajstić information content (AvgIpc) is 3.08. The van der Waals surface area contributed by atoms with Gasteiger partial charge < -0.3 is 4.90 Å². The van der Waals surface area contributed by atoms with E-state index in [1.54, 1.807) is 0 Å². The first kappa shape index (κ1) is 14.3. The van der Waals surface area contributed by atoms with E-state index in [4.69, 9.17) is 0 Å². The van der Waals surface area contributed by atoms with Crippen molar-refractivity contribution in [3.63, 3.8) is 0 Å². The van der Waals surface area contributed by atoms with E-state index in [0.717, 1.165) is 25.7 Å². The summed E-state index contributed by atoms with van der Waals surface area (Å²) in [7, 11) is 0. The summed E-state index contributed by atoms with van der Waals surface area (Å²) in [6.45, 7) is 8.83. The van der Waals surface area contributed by atoms with E-state index in [2.05, 4.69) is 35.9 Å². The molecule has 0 spiro atoms. The van der Waals surface area contributed by atoms with Crippen molar-refractivity contribution in [3.05, 3.63) is 0 Å². The molecule has 0 aromatic carbocycles. The Morgan fingerprint density at radius 2 is 2.05 bits per heavy atom. The lowest BCUT2D eigenvalue weighted by Gasteiger charge is -2.34. The molecule has 3 heterocycles. The number of carbonyl (C=O) groups excluding carboxylic acids is 1. The summed E-state index contributed by atoms with van der Waals surface area (Å²) >= 11 is 0. The molecular weight excluding hydrogens is 250 g/mol. The minimum atomic E-state index is -0.341. The third kappa shape index (κ3) is 2.08. The Balaban J connectivity index is 1.83. The van der Waals surface area contributed by atoms with Crippen molar-refractivity contribution in [1.29, 1.82) is 0 Å². The molecule has 0 bridgehead atoms. The normalized spacial score (nSPS) is 41.6. The first-order valence-corrected chi connectivity index (χ1v) is 8.45. The van der Waals surface area contributed by atoms with E-state index < -0.39 is 0 Å². The SMILES string of the molecule is CCCC1NC(C)(CC)C(=O)N1C1CCN2CCCC12. The second-order valence-electron chi connectivity index (χ2n) is 6.95. The summed E-state index contributed by atoms with van der Waals surface area (Å²) in [5, 5.41) is 3.63. The maximum atomic E-state index is 13.0. The van der Waals surface area contributed by atoms with Gasteiger partial charge in [-0.3, -0.25) is 15.0 Å². The Morgan fingerprint density at radius 3 is 2.75 bits per heavy atom. The van der Waals surface area contributed by atoms with Crippen LogP contribution in [0.4, 0.5) is 0 Å². The molecule has 1 amide bonds. The maximum Gasteiger partial charge on any atom is 0.244 e. The number of nitrogens with zero attached hydrogens (tertiary/aromatic N) is 2. The van der Waals surface area contributed by atoms with Crippen molar-refractivity contribution in [1.82, 2.24) is 15.1 Å². The monoisotopic (exact) mass is 279 g/mol. The highest BCUT2D eigenvalue weighted by atomic mass is 16.2. The first-order valence-electron chi connectivity index (χ1n) is 8.45. The molecule has 3 aliphatic heterocycles. The van der Waals surface area contributed by atoms with Crippen molar-refractivity contribution >= 4 is 5.91 Å². The topological polar surface area (TPSA) is 35.6 Å². The first-order chi connectivity index (χ1) is 9.60. The molecule has 114 valence electrons. The van der Waals surface area contributed by atoms with E-state index in [1.165, 1.54) is 25.9 Å². The summed E-state index contributed by atoms with van der Waals surface area (Å²) in [5.41, 5.74) is -0.341. The van der Waals surface area contributed by atoms with E-state index in [0.29, 0.717) is 18.0 Å². The van der Waals surface area contributed by atoms with Gasteiger partial charge in [0.1, 0.15) is 0 Å². The number of rotatable bonds is 4. The molecular formula is C16H29N3O. The Hall–Kier alpha value is -0.610. The second-order valence-corrected chi connectivity index (χ2v) is 6.95. The predicted molar refractivity (Wildman–Crippen MR) is 80.4 cm³/mol. The van der Waals surface area contributed by atoms with Crippen LogP contribution in [0.3, 0.4) is 0 Å². The minimum absolute atomic E-state index is 0.253. The number of nitrogens with one attached hydrogen (secondary N) is 1. The van der Waals surface area contributed by atoms with Crippen LogP contribution in [-0.4, -0.2) is 52.6 Å². The molecule has 4 heteroatoms. The number of hydrogen-bond acceptors (Lipinski definition) is 3. The van der Waals surface area contributed by atoms with Gasteiger partial charge in [0.05, 0.1) is 17.7 Å². The number of carbonyl (C=O) groups is 1. The predicted octanol–water partition coefficient (Wildman–Crippen LogP) is 1.95. The lowest BCUT2D eigenvalue weighted by Crippen LogP contribution is -2.49. The fourth-order valence-electron chi connectivity index (χ4n) is 4.43. The zero-order chi connectivity index (χ0) is 14.3. The maximum absolute atomic E-state index is 13.0.